The van der Waals surface area contributed by atoms with Crippen LogP contribution in [0.2, 0.25) is 0 Å². The predicted molar refractivity (Wildman–Crippen MR) is 153 cm³/mol. The lowest BCUT2D eigenvalue weighted by molar-refractivity contribution is 0.408. The van der Waals surface area contributed by atoms with Crippen molar-refractivity contribution in [1.82, 2.24) is 15.0 Å². The zero-order valence-electron chi connectivity index (χ0n) is 22.4. The zero-order chi connectivity index (χ0) is 26.1. The highest BCUT2D eigenvalue weighted by molar-refractivity contribution is 5.72. The van der Waals surface area contributed by atoms with Crippen LogP contribution in [-0.4, -0.2) is 27.2 Å². The van der Waals surface area contributed by atoms with E-state index in [1.165, 1.54) is 11.1 Å². The van der Waals surface area contributed by atoms with Gasteiger partial charge in [0.2, 0.25) is 0 Å². The first-order chi connectivity index (χ1) is 16.9. The molecule has 0 saturated heterocycles. The molecule has 0 atom stereocenters. The van der Waals surface area contributed by atoms with E-state index in [-0.39, 0.29) is 13.2 Å². The first-order valence-electron chi connectivity index (χ1n) is 12.1. The Morgan fingerprint density at radius 2 is 0.972 bits per heavy atom. The minimum absolute atomic E-state index is 0. The molecular weight excluding hydrogens is 446 g/mol. The summed E-state index contributed by atoms with van der Waals surface area (Å²) in [6.45, 7) is 16.2. The number of methoxy groups -OCH3 is 1. The molecule has 4 aromatic rings. The standard InChI is InChI=1S/C26H25N3O2.2C2H6.CH4/c1-15-6-9-20(17(3)12-15)24-27-25(21-10-7-16(2)13-18(21)4)29-26(28-24)22-11-8-19(31-5)14-23(22)30;2*1-2;/h6-14,30H,1-5H3;2*1-2H3;1H4. The van der Waals surface area contributed by atoms with Gasteiger partial charge in [0.15, 0.2) is 17.5 Å². The first kappa shape index (κ1) is 30.3. The number of hydrogen-bond donors (Lipinski definition) is 1. The van der Waals surface area contributed by atoms with E-state index in [4.69, 9.17) is 19.7 Å². The lowest BCUT2D eigenvalue weighted by atomic mass is 10.0. The molecule has 0 radical (unpaired) electrons. The molecule has 1 N–H and O–H groups in total. The van der Waals surface area contributed by atoms with E-state index in [0.29, 0.717) is 28.8 Å². The van der Waals surface area contributed by atoms with Crippen LogP contribution in [0.4, 0.5) is 0 Å². The molecule has 0 amide bonds. The van der Waals surface area contributed by atoms with Crippen molar-refractivity contribution in [2.45, 2.75) is 62.8 Å². The van der Waals surface area contributed by atoms with Crippen LogP contribution in [0.15, 0.2) is 54.6 Å². The summed E-state index contributed by atoms with van der Waals surface area (Å²) in [5.74, 6) is 2.20. The van der Waals surface area contributed by atoms with Crippen LogP contribution in [-0.2, 0) is 0 Å². The smallest absolute Gasteiger partial charge is 0.167 e. The Hall–Kier alpha value is -3.73. The average molecular weight is 488 g/mol. The number of benzene rings is 3. The predicted octanol–water partition coefficient (Wildman–Crippen LogP) is 8.51. The molecule has 0 fully saturated rings. The fourth-order valence-electron chi connectivity index (χ4n) is 3.69. The third-order valence-electron chi connectivity index (χ3n) is 5.33. The summed E-state index contributed by atoms with van der Waals surface area (Å²) >= 11 is 0. The highest BCUT2D eigenvalue weighted by atomic mass is 16.5. The topological polar surface area (TPSA) is 68.1 Å². The van der Waals surface area contributed by atoms with Gasteiger partial charge in [0.1, 0.15) is 11.5 Å². The fourth-order valence-corrected chi connectivity index (χ4v) is 3.69. The molecule has 3 aromatic carbocycles. The van der Waals surface area contributed by atoms with Crippen LogP contribution in [0, 0.1) is 27.7 Å². The Kier molecular flexibility index (Phi) is 11.8. The van der Waals surface area contributed by atoms with E-state index in [1.54, 1.807) is 25.3 Å². The molecule has 0 bridgehead atoms. The highest BCUT2D eigenvalue weighted by Crippen LogP contribution is 2.33. The molecule has 1 heterocycles. The van der Waals surface area contributed by atoms with Gasteiger partial charge in [0.25, 0.3) is 0 Å². The van der Waals surface area contributed by atoms with Gasteiger partial charge in [0.05, 0.1) is 12.7 Å². The van der Waals surface area contributed by atoms with Gasteiger partial charge in [-0.05, 0) is 51.0 Å². The van der Waals surface area contributed by atoms with Crippen molar-refractivity contribution in [2.75, 3.05) is 7.11 Å². The SMILES string of the molecule is C.CC.CC.COc1ccc(-c2nc(-c3ccc(C)cc3C)nc(-c3ccc(C)cc3C)n2)c(O)c1. The maximum absolute atomic E-state index is 10.6. The second-order valence-corrected chi connectivity index (χ2v) is 7.83. The van der Waals surface area contributed by atoms with Gasteiger partial charge in [-0.2, -0.15) is 0 Å². The van der Waals surface area contributed by atoms with Gasteiger partial charge < -0.3 is 9.84 Å². The lowest BCUT2D eigenvalue weighted by Gasteiger charge is -2.13. The molecule has 5 nitrogen and oxygen atoms in total. The van der Waals surface area contributed by atoms with E-state index < -0.39 is 0 Å². The summed E-state index contributed by atoms with van der Waals surface area (Å²) in [7, 11) is 1.56. The fraction of sp³-hybridized carbons (Fsp3) is 0.323. The number of aromatic hydroxyl groups is 1. The summed E-state index contributed by atoms with van der Waals surface area (Å²) < 4.78 is 5.21. The maximum atomic E-state index is 10.6. The quantitative estimate of drug-likeness (QED) is 0.312. The maximum Gasteiger partial charge on any atom is 0.167 e. The monoisotopic (exact) mass is 487 g/mol. The second kappa shape index (κ2) is 14.0. The molecule has 0 spiro atoms. The van der Waals surface area contributed by atoms with Gasteiger partial charge in [0, 0.05) is 17.2 Å². The van der Waals surface area contributed by atoms with Crippen molar-refractivity contribution in [2.24, 2.45) is 0 Å². The van der Waals surface area contributed by atoms with E-state index in [0.717, 1.165) is 22.3 Å². The van der Waals surface area contributed by atoms with E-state index in [9.17, 15) is 5.11 Å². The molecule has 4 rings (SSSR count). The van der Waals surface area contributed by atoms with Crippen molar-refractivity contribution >= 4 is 0 Å². The Balaban J connectivity index is 0.00000123. The van der Waals surface area contributed by atoms with Crippen molar-refractivity contribution in [3.05, 3.63) is 76.9 Å². The number of ether oxygens (including phenoxy) is 1. The number of hydrogen-bond acceptors (Lipinski definition) is 5. The molecule has 36 heavy (non-hydrogen) atoms. The number of rotatable bonds is 4. The van der Waals surface area contributed by atoms with Gasteiger partial charge in [-0.25, -0.2) is 15.0 Å². The molecular formula is C31H41N3O2. The van der Waals surface area contributed by atoms with Crippen LogP contribution in [0.1, 0.15) is 57.4 Å². The van der Waals surface area contributed by atoms with E-state index >= 15 is 0 Å². The summed E-state index contributed by atoms with van der Waals surface area (Å²) in [5.41, 5.74) is 6.93. The number of aryl methyl sites for hydroxylation is 4. The Labute approximate surface area is 217 Å². The van der Waals surface area contributed by atoms with Crippen LogP contribution in [0.5, 0.6) is 11.5 Å². The van der Waals surface area contributed by atoms with Crippen LogP contribution >= 0.6 is 0 Å². The second-order valence-electron chi connectivity index (χ2n) is 7.83. The number of phenolic OH excluding ortho intramolecular Hbond substituents is 1. The average Bonchev–Trinajstić information content (AvgIpc) is 2.86. The Morgan fingerprint density at radius 3 is 1.33 bits per heavy atom. The van der Waals surface area contributed by atoms with Gasteiger partial charge in [-0.15, -0.1) is 0 Å². The molecule has 192 valence electrons. The third kappa shape index (κ3) is 6.91. The number of nitrogens with zero attached hydrogens (tertiary/aromatic N) is 3. The van der Waals surface area contributed by atoms with Gasteiger partial charge in [-0.3, -0.25) is 0 Å². The lowest BCUT2D eigenvalue weighted by Crippen LogP contribution is -2.02. The first-order valence-corrected chi connectivity index (χ1v) is 12.1. The molecule has 0 aliphatic rings. The summed E-state index contributed by atoms with van der Waals surface area (Å²) in [4.78, 5) is 14.3. The molecule has 0 aliphatic carbocycles. The number of aromatic nitrogens is 3. The highest BCUT2D eigenvalue weighted by Gasteiger charge is 2.17. The van der Waals surface area contributed by atoms with Crippen molar-refractivity contribution in [1.29, 1.82) is 0 Å². The molecule has 1 aromatic heterocycles. The molecule has 0 saturated carbocycles. The van der Waals surface area contributed by atoms with Crippen LogP contribution in [0.3, 0.4) is 0 Å². The van der Waals surface area contributed by atoms with Crippen molar-refractivity contribution < 1.29 is 9.84 Å². The van der Waals surface area contributed by atoms with Crippen molar-refractivity contribution in [3.63, 3.8) is 0 Å². The van der Waals surface area contributed by atoms with Crippen LogP contribution in [0.25, 0.3) is 34.2 Å². The third-order valence-corrected chi connectivity index (χ3v) is 5.33. The largest absolute Gasteiger partial charge is 0.507 e. The van der Waals surface area contributed by atoms with E-state index in [1.807, 2.05) is 65.8 Å². The molecule has 0 unspecified atom stereocenters. The molecule has 5 heteroatoms. The molecule has 0 aliphatic heterocycles. The van der Waals surface area contributed by atoms with Gasteiger partial charge >= 0.3 is 0 Å². The Morgan fingerprint density at radius 1 is 0.583 bits per heavy atom. The summed E-state index contributed by atoms with van der Waals surface area (Å²) in [5, 5.41) is 10.6. The Bertz CT molecular complexity index is 1210. The summed E-state index contributed by atoms with van der Waals surface area (Å²) in [6.07, 6.45) is 0. The van der Waals surface area contributed by atoms with Crippen molar-refractivity contribution in [3.8, 4) is 45.7 Å². The summed E-state index contributed by atoms with van der Waals surface area (Å²) in [6, 6.07) is 17.5. The minimum atomic E-state index is 0. The van der Waals surface area contributed by atoms with Crippen LogP contribution < -0.4 is 4.74 Å². The number of phenols is 1. The van der Waals surface area contributed by atoms with E-state index in [2.05, 4.69) is 26.0 Å². The minimum Gasteiger partial charge on any atom is -0.507 e. The normalized spacial score (nSPS) is 9.69. The van der Waals surface area contributed by atoms with Gasteiger partial charge in [-0.1, -0.05) is 82.6 Å². The zero-order valence-corrected chi connectivity index (χ0v) is 22.4.